The van der Waals surface area contributed by atoms with Crippen LogP contribution in [0.5, 0.6) is 0 Å². The van der Waals surface area contributed by atoms with Gasteiger partial charge in [-0.3, -0.25) is 4.57 Å². The standard InChI is InChI=1S/C9H16N4OS/c1-13-8(14)11-12-9(13)15-7-4-2-3-6(10)5-7/h6-7H,2-5,10H2,1H3,(H,11,14). The zero-order valence-electron chi connectivity index (χ0n) is 8.77. The summed E-state index contributed by atoms with van der Waals surface area (Å²) in [5.74, 6) is 0. The molecule has 0 aromatic carbocycles. The van der Waals surface area contributed by atoms with Crippen LogP contribution in [0, 0.1) is 0 Å². The number of H-pyrrole nitrogens is 1. The minimum Gasteiger partial charge on any atom is -0.328 e. The van der Waals surface area contributed by atoms with Crippen LogP contribution < -0.4 is 11.4 Å². The van der Waals surface area contributed by atoms with Gasteiger partial charge in [-0.2, -0.15) is 0 Å². The molecule has 0 spiro atoms. The van der Waals surface area contributed by atoms with E-state index in [4.69, 9.17) is 5.73 Å². The van der Waals surface area contributed by atoms with Gasteiger partial charge in [-0.05, 0) is 19.3 Å². The van der Waals surface area contributed by atoms with E-state index in [0.717, 1.165) is 18.0 Å². The van der Waals surface area contributed by atoms with Crippen LogP contribution in [0.2, 0.25) is 0 Å². The van der Waals surface area contributed by atoms with E-state index in [1.54, 1.807) is 23.4 Å². The van der Waals surface area contributed by atoms with Gasteiger partial charge in [-0.15, -0.1) is 5.10 Å². The van der Waals surface area contributed by atoms with Crippen LogP contribution in [-0.4, -0.2) is 26.1 Å². The maximum absolute atomic E-state index is 11.2. The summed E-state index contributed by atoms with van der Waals surface area (Å²) in [5, 5.41) is 7.69. The van der Waals surface area contributed by atoms with Crippen LogP contribution >= 0.6 is 11.8 Å². The van der Waals surface area contributed by atoms with Crippen LogP contribution in [0.25, 0.3) is 0 Å². The summed E-state index contributed by atoms with van der Waals surface area (Å²) in [6.07, 6.45) is 4.49. The number of hydrogen-bond donors (Lipinski definition) is 2. The Morgan fingerprint density at radius 2 is 2.40 bits per heavy atom. The molecule has 2 rings (SSSR count). The van der Waals surface area contributed by atoms with Crippen molar-refractivity contribution in [3.63, 3.8) is 0 Å². The van der Waals surface area contributed by atoms with Gasteiger partial charge in [0.2, 0.25) is 0 Å². The maximum Gasteiger partial charge on any atom is 0.343 e. The first kappa shape index (κ1) is 10.8. The highest BCUT2D eigenvalue weighted by molar-refractivity contribution is 7.99. The summed E-state index contributed by atoms with van der Waals surface area (Å²) in [6.45, 7) is 0. The third-order valence-corrected chi connectivity index (χ3v) is 4.11. The molecule has 2 unspecified atom stereocenters. The monoisotopic (exact) mass is 228 g/mol. The Hall–Kier alpha value is -0.750. The predicted molar refractivity (Wildman–Crippen MR) is 59.9 cm³/mol. The van der Waals surface area contributed by atoms with E-state index in [1.165, 1.54) is 12.8 Å². The molecule has 84 valence electrons. The lowest BCUT2D eigenvalue weighted by Gasteiger charge is -2.25. The first-order valence-corrected chi connectivity index (χ1v) is 6.08. The molecule has 0 amide bonds. The molecule has 1 aromatic heterocycles. The van der Waals surface area contributed by atoms with Crippen molar-refractivity contribution >= 4 is 11.8 Å². The largest absolute Gasteiger partial charge is 0.343 e. The highest BCUT2D eigenvalue weighted by Gasteiger charge is 2.21. The second-order valence-corrected chi connectivity index (χ2v) is 5.30. The fraction of sp³-hybridized carbons (Fsp3) is 0.778. The highest BCUT2D eigenvalue weighted by Crippen LogP contribution is 2.31. The molecule has 1 aliphatic carbocycles. The van der Waals surface area contributed by atoms with Gasteiger partial charge in [-0.1, -0.05) is 18.2 Å². The van der Waals surface area contributed by atoms with Crippen molar-refractivity contribution in [1.82, 2.24) is 14.8 Å². The lowest BCUT2D eigenvalue weighted by molar-refractivity contribution is 0.450. The molecule has 15 heavy (non-hydrogen) atoms. The average Bonchev–Trinajstić information content (AvgIpc) is 2.50. The molecule has 0 radical (unpaired) electrons. The topological polar surface area (TPSA) is 76.7 Å². The third-order valence-electron chi connectivity index (χ3n) is 2.78. The molecule has 0 saturated heterocycles. The lowest BCUT2D eigenvalue weighted by Crippen LogP contribution is -2.29. The van der Waals surface area contributed by atoms with Crippen molar-refractivity contribution in [2.24, 2.45) is 12.8 Å². The smallest absolute Gasteiger partial charge is 0.328 e. The Bertz CT molecular complexity index is 386. The number of aromatic nitrogens is 3. The Labute approximate surface area is 92.4 Å². The molecule has 6 heteroatoms. The van der Waals surface area contributed by atoms with Crippen molar-refractivity contribution in [2.45, 2.75) is 42.1 Å². The maximum atomic E-state index is 11.2. The van der Waals surface area contributed by atoms with E-state index in [1.807, 2.05) is 0 Å². The summed E-state index contributed by atoms with van der Waals surface area (Å²) in [4.78, 5) is 11.2. The Kier molecular flexibility index (Phi) is 3.16. The summed E-state index contributed by atoms with van der Waals surface area (Å²) >= 11 is 1.66. The van der Waals surface area contributed by atoms with Crippen LogP contribution in [0.15, 0.2) is 9.95 Å². The molecule has 3 N–H and O–H groups in total. The molecule has 1 aliphatic rings. The molecule has 1 fully saturated rings. The number of aromatic amines is 1. The zero-order valence-corrected chi connectivity index (χ0v) is 9.59. The molecular formula is C9H16N4OS. The molecule has 0 aliphatic heterocycles. The van der Waals surface area contributed by atoms with E-state index in [0.29, 0.717) is 11.3 Å². The van der Waals surface area contributed by atoms with Gasteiger partial charge in [-0.25, -0.2) is 9.89 Å². The van der Waals surface area contributed by atoms with Crippen molar-refractivity contribution in [1.29, 1.82) is 0 Å². The van der Waals surface area contributed by atoms with Gasteiger partial charge in [0.25, 0.3) is 0 Å². The number of nitrogens with zero attached hydrogens (tertiary/aromatic N) is 2. The summed E-state index contributed by atoms with van der Waals surface area (Å²) in [6, 6.07) is 0.312. The fourth-order valence-electron chi connectivity index (χ4n) is 1.88. The summed E-state index contributed by atoms with van der Waals surface area (Å²) < 4.78 is 1.55. The Morgan fingerprint density at radius 1 is 1.60 bits per heavy atom. The number of nitrogens with two attached hydrogens (primary N) is 1. The van der Waals surface area contributed by atoms with Gasteiger partial charge in [0.05, 0.1) is 0 Å². The minimum atomic E-state index is -0.155. The fourth-order valence-corrected chi connectivity index (χ4v) is 3.14. The van der Waals surface area contributed by atoms with Gasteiger partial charge in [0.15, 0.2) is 5.16 Å². The molecule has 1 heterocycles. The van der Waals surface area contributed by atoms with Gasteiger partial charge in [0, 0.05) is 18.3 Å². The highest BCUT2D eigenvalue weighted by atomic mass is 32.2. The molecular weight excluding hydrogens is 212 g/mol. The molecule has 2 atom stereocenters. The molecule has 1 saturated carbocycles. The van der Waals surface area contributed by atoms with Gasteiger partial charge in [0.1, 0.15) is 0 Å². The van der Waals surface area contributed by atoms with Gasteiger partial charge >= 0.3 is 5.69 Å². The quantitative estimate of drug-likeness (QED) is 0.771. The van der Waals surface area contributed by atoms with Gasteiger partial charge < -0.3 is 5.73 Å². The summed E-state index contributed by atoms with van der Waals surface area (Å²) in [7, 11) is 1.73. The number of rotatable bonds is 2. The summed E-state index contributed by atoms with van der Waals surface area (Å²) in [5.41, 5.74) is 5.76. The predicted octanol–water partition coefficient (Wildman–Crippen LogP) is 0.470. The number of nitrogens with one attached hydrogen (secondary N) is 1. The first-order chi connectivity index (χ1) is 7.16. The van der Waals surface area contributed by atoms with Crippen molar-refractivity contribution in [2.75, 3.05) is 0 Å². The second kappa shape index (κ2) is 4.40. The number of hydrogen-bond acceptors (Lipinski definition) is 4. The second-order valence-electron chi connectivity index (χ2n) is 4.04. The van der Waals surface area contributed by atoms with E-state index < -0.39 is 0 Å². The molecule has 1 aromatic rings. The van der Waals surface area contributed by atoms with Crippen molar-refractivity contribution in [3.05, 3.63) is 10.5 Å². The van der Waals surface area contributed by atoms with Crippen LogP contribution in [0.1, 0.15) is 25.7 Å². The van der Waals surface area contributed by atoms with Crippen LogP contribution in [-0.2, 0) is 7.05 Å². The van der Waals surface area contributed by atoms with E-state index >= 15 is 0 Å². The SMILES string of the molecule is Cn1c(SC2CCCC(N)C2)n[nH]c1=O. The molecule has 0 bridgehead atoms. The van der Waals surface area contributed by atoms with E-state index in [9.17, 15) is 4.79 Å². The Balaban J connectivity index is 2.02. The van der Waals surface area contributed by atoms with Crippen LogP contribution in [0.3, 0.4) is 0 Å². The van der Waals surface area contributed by atoms with Crippen molar-refractivity contribution < 1.29 is 0 Å². The van der Waals surface area contributed by atoms with Crippen LogP contribution in [0.4, 0.5) is 0 Å². The third kappa shape index (κ3) is 2.43. The van der Waals surface area contributed by atoms with E-state index in [2.05, 4.69) is 10.2 Å². The number of thioether (sulfide) groups is 1. The molecule has 5 nitrogen and oxygen atoms in total. The Morgan fingerprint density at radius 3 is 3.00 bits per heavy atom. The lowest BCUT2D eigenvalue weighted by atomic mass is 9.96. The average molecular weight is 228 g/mol. The normalized spacial score (nSPS) is 26.8. The zero-order chi connectivity index (χ0) is 10.8. The first-order valence-electron chi connectivity index (χ1n) is 5.20. The van der Waals surface area contributed by atoms with Crippen molar-refractivity contribution in [3.8, 4) is 0 Å². The van der Waals surface area contributed by atoms with E-state index in [-0.39, 0.29) is 5.69 Å². The minimum absolute atomic E-state index is 0.155.